The number of hydrogen-bond donors (Lipinski definition) is 1. The van der Waals surface area contributed by atoms with Crippen LogP contribution in [-0.2, 0) is 0 Å². The molecule has 0 spiro atoms. The monoisotopic (exact) mass is 185 g/mol. The first-order chi connectivity index (χ1) is 5.68. The lowest BCUT2D eigenvalue weighted by atomic mass is 10.6. The van der Waals surface area contributed by atoms with Crippen molar-refractivity contribution in [1.29, 1.82) is 0 Å². The van der Waals surface area contributed by atoms with Crippen molar-refractivity contribution >= 4 is 16.5 Å². The molecule has 3 nitrogen and oxygen atoms in total. The molecule has 0 atom stereocenters. The van der Waals surface area contributed by atoms with Crippen molar-refractivity contribution in [2.75, 3.05) is 32.5 Å². The third kappa shape index (κ3) is 3.19. The Hall–Kier alpha value is -0.610. The van der Waals surface area contributed by atoms with Gasteiger partial charge in [0.2, 0.25) is 0 Å². The smallest absolute Gasteiger partial charge is 0.182 e. The van der Waals surface area contributed by atoms with E-state index >= 15 is 0 Å². The van der Waals surface area contributed by atoms with Crippen molar-refractivity contribution < 1.29 is 0 Å². The van der Waals surface area contributed by atoms with Gasteiger partial charge in [0.25, 0.3) is 0 Å². The highest BCUT2D eigenvalue weighted by molar-refractivity contribution is 7.13. The number of rotatable bonds is 4. The molecule has 12 heavy (non-hydrogen) atoms. The van der Waals surface area contributed by atoms with Gasteiger partial charge in [-0.25, -0.2) is 4.98 Å². The van der Waals surface area contributed by atoms with Gasteiger partial charge >= 0.3 is 0 Å². The number of aryl methyl sites for hydroxylation is 1. The molecule has 0 amide bonds. The zero-order valence-electron chi connectivity index (χ0n) is 7.79. The highest BCUT2D eigenvalue weighted by Gasteiger charge is 1.96. The minimum Gasteiger partial charge on any atom is -0.360 e. The van der Waals surface area contributed by atoms with Crippen LogP contribution in [0.25, 0.3) is 0 Å². The average molecular weight is 185 g/mol. The van der Waals surface area contributed by atoms with Gasteiger partial charge in [0.05, 0.1) is 5.69 Å². The predicted octanol–water partition coefficient (Wildman–Crippen LogP) is 1.43. The molecule has 1 rings (SSSR count). The molecule has 0 aromatic carbocycles. The summed E-state index contributed by atoms with van der Waals surface area (Å²) in [6, 6.07) is 0. The van der Waals surface area contributed by atoms with E-state index in [1.165, 1.54) is 0 Å². The number of likely N-dealkylation sites (N-methyl/N-ethyl adjacent to an activating group) is 1. The second-order valence-corrected chi connectivity index (χ2v) is 3.88. The highest BCUT2D eigenvalue weighted by atomic mass is 32.1. The first kappa shape index (κ1) is 9.48. The van der Waals surface area contributed by atoms with Crippen LogP contribution < -0.4 is 5.32 Å². The Morgan fingerprint density at radius 3 is 2.83 bits per heavy atom. The van der Waals surface area contributed by atoms with Gasteiger partial charge in [0.1, 0.15) is 0 Å². The average Bonchev–Trinajstić information content (AvgIpc) is 2.35. The van der Waals surface area contributed by atoms with Gasteiger partial charge in [-0.1, -0.05) is 0 Å². The molecule has 0 aliphatic carbocycles. The lowest BCUT2D eigenvalue weighted by molar-refractivity contribution is 0.425. The fourth-order valence-electron chi connectivity index (χ4n) is 0.822. The van der Waals surface area contributed by atoms with E-state index < -0.39 is 0 Å². The van der Waals surface area contributed by atoms with Gasteiger partial charge in [-0.15, -0.1) is 11.3 Å². The molecule has 0 saturated carbocycles. The third-order valence-corrected chi connectivity index (χ3v) is 2.37. The van der Waals surface area contributed by atoms with Crippen LogP contribution in [-0.4, -0.2) is 37.1 Å². The third-order valence-electron chi connectivity index (χ3n) is 1.45. The first-order valence-corrected chi connectivity index (χ1v) is 4.87. The molecule has 1 aromatic heterocycles. The highest BCUT2D eigenvalue weighted by Crippen LogP contribution is 2.13. The van der Waals surface area contributed by atoms with E-state index in [9.17, 15) is 0 Å². The van der Waals surface area contributed by atoms with Crippen LogP contribution in [0.5, 0.6) is 0 Å². The summed E-state index contributed by atoms with van der Waals surface area (Å²) >= 11 is 1.66. The Bertz CT molecular complexity index is 232. The van der Waals surface area contributed by atoms with Crippen LogP contribution in [0.2, 0.25) is 0 Å². The van der Waals surface area contributed by atoms with Crippen LogP contribution in [0.3, 0.4) is 0 Å². The maximum Gasteiger partial charge on any atom is 0.182 e. The number of aromatic nitrogens is 1. The fourth-order valence-corrected chi connectivity index (χ4v) is 1.54. The van der Waals surface area contributed by atoms with Crippen LogP contribution in [0.4, 0.5) is 5.13 Å². The number of anilines is 1. The quantitative estimate of drug-likeness (QED) is 0.769. The summed E-state index contributed by atoms with van der Waals surface area (Å²) in [5.74, 6) is 0. The SMILES string of the molecule is Cc1csc(NCCN(C)C)n1. The molecular weight excluding hydrogens is 170 g/mol. The van der Waals surface area contributed by atoms with Crippen molar-refractivity contribution in [2.24, 2.45) is 0 Å². The van der Waals surface area contributed by atoms with Crippen molar-refractivity contribution in [1.82, 2.24) is 9.88 Å². The molecule has 4 heteroatoms. The Morgan fingerprint density at radius 2 is 2.33 bits per heavy atom. The second kappa shape index (κ2) is 4.42. The molecule has 68 valence electrons. The molecule has 0 radical (unpaired) electrons. The van der Waals surface area contributed by atoms with Crippen molar-refractivity contribution in [3.63, 3.8) is 0 Å². The minimum atomic E-state index is 0.958. The molecular formula is C8H15N3S. The lowest BCUT2D eigenvalue weighted by Crippen LogP contribution is -2.20. The summed E-state index contributed by atoms with van der Waals surface area (Å²) in [6.45, 7) is 4.01. The number of hydrogen-bond acceptors (Lipinski definition) is 4. The van der Waals surface area contributed by atoms with Crippen LogP contribution in [0, 0.1) is 6.92 Å². The Kier molecular flexibility index (Phi) is 3.49. The van der Waals surface area contributed by atoms with Gasteiger partial charge < -0.3 is 10.2 Å². The molecule has 0 fully saturated rings. The Labute approximate surface area is 77.4 Å². The maximum atomic E-state index is 4.30. The largest absolute Gasteiger partial charge is 0.360 e. The summed E-state index contributed by atoms with van der Waals surface area (Å²) in [5.41, 5.74) is 1.09. The van der Waals surface area contributed by atoms with E-state index in [1.807, 2.05) is 6.92 Å². The summed E-state index contributed by atoms with van der Waals surface area (Å²) < 4.78 is 0. The molecule has 0 bridgehead atoms. The molecule has 0 aliphatic rings. The Balaban J connectivity index is 2.24. The van der Waals surface area contributed by atoms with E-state index in [1.54, 1.807) is 11.3 Å². The van der Waals surface area contributed by atoms with Crippen LogP contribution >= 0.6 is 11.3 Å². The van der Waals surface area contributed by atoms with E-state index in [0.717, 1.165) is 23.9 Å². The number of nitrogens with zero attached hydrogens (tertiary/aromatic N) is 2. The lowest BCUT2D eigenvalue weighted by Gasteiger charge is -2.08. The summed E-state index contributed by atoms with van der Waals surface area (Å²) in [5, 5.41) is 6.34. The van der Waals surface area contributed by atoms with Crippen molar-refractivity contribution in [3.8, 4) is 0 Å². The maximum absolute atomic E-state index is 4.30. The zero-order valence-corrected chi connectivity index (χ0v) is 8.61. The fraction of sp³-hybridized carbons (Fsp3) is 0.625. The van der Waals surface area contributed by atoms with Gasteiger partial charge in [0.15, 0.2) is 5.13 Å². The summed E-state index contributed by atoms with van der Waals surface area (Å²) in [4.78, 5) is 6.44. The van der Waals surface area contributed by atoms with Gasteiger partial charge in [-0.05, 0) is 21.0 Å². The van der Waals surface area contributed by atoms with Gasteiger partial charge in [0, 0.05) is 18.5 Å². The van der Waals surface area contributed by atoms with E-state index in [0.29, 0.717) is 0 Å². The zero-order chi connectivity index (χ0) is 8.97. The summed E-state index contributed by atoms with van der Waals surface area (Å²) in [7, 11) is 4.13. The molecule has 1 N–H and O–H groups in total. The summed E-state index contributed by atoms with van der Waals surface area (Å²) in [6.07, 6.45) is 0. The topological polar surface area (TPSA) is 28.2 Å². The number of thiazole rings is 1. The second-order valence-electron chi connectivity index (χ2n) is 3.02. The van der Waals surface area contributed by atoms with E-state index in [-0.39, 0.29) is 0 Å². The predicted molar refractivity (Wildman–Crippen MR) is 53.9 cm³/mol. The molecule has 1 heterocycles. The normalized spacial score (nSPS) is 10.7. The van der Waals surface area contributed by atoms with Gasteiger partial charge in [-0.3, -0.25) is 0 Å². The standard InChI is InChI=1S/C8H15N3S/c1-7-6-12-8(10-7)9-4-5-11(2)3/h6H,4-5H2,1-3H3,(H,9,10). The molecule has 0 saturated heterocycles. The molecule has 0 aliphatic heterocycles. The Morgan fingerprint density at radius 1 is 1.58 bits per heavy atom. The van der Waals surface area contributed by atoms with Gasteiger partial charge in [-0.2, -0.15) is 0 Å². The van der Waals surface area contributed by atoms with Crippen molar-refractivity contribution in [2.45, 2.75) is 6.92 Å². The molecule has 1 aromatic rings. The number of nitrogens with one attached hydrogen (secondary N) is 1. The van der Waals surface area contributed by atoms with Crippen molar-refractivity contribution in [3.05, 3.63) is 11.1 Å². The molecule has 0 unspecified atom stereocenters. The van der Waals surface area contributed by atoms with E-state index in [4.69, 9.17) is 0 Å². The first-order valence-electron chi connectivity index (χ1n) is 3.99. The van der Waals surface area contributed by atoms with Crippen LogP contribution in [0.1, 0.15) is 5.69 Å². The van der Waals surface area contributed by atoms with E-state index in [2.05, 4.69) is 34.7 Å². The minimum absolute atomic E-state index is 0.958. The van der Waals surface area contributed by atoms with Crippen LogP contribution in [0.15, 0.2) is 5.38 Å².